The fourth-order valence-electron chi connectivity index (χ4n) is 3.83. The number of fused-ring (bicyclic) bond motifs is 1. The van der Waals surface area contributed by atoms with Crippen LogP contribution < -0.4 is 15.4 Å². The molecule has 6 nitrogen and oxygen atoms in total. The Kier molecular flexibility index (Phi) is 6.66. The number of ether oxygens (including phenoxy) is 1. The molecule has 1 heterocycles. The summed E-state index contributed by atoms with van der Waals surface area (Å²) in [7, 11) is 0. The van der Waals surface area contributed by atoms with Crippen LogP contribution in [0, 0.1) is 0 Å². The molecule has 1 aliphatic rings. The predicted octanol–water partition coefficient (Wildman–Crippen LogP) is 4.73. The van der Waals surface area contributed by atoms with Crippen LogP contribution >= 0.6 is 11.3 Å². The van der Waals surface area contributed by atoms with Crippen molar-refractivity contribution in [2.24, 2.45) is 0 Å². The summed E-state index contributed by atoms with van der Waals surface area (Å²) >= 11 is 1.45. The Hall–Kier alpha value is -3.45. The van der Waals surface area contributed by atoms with Crippen molar-refractivity contribution in [1.82, 2.24) is 5.32 Å². The number of carbonyl (C=O) groups is 3. The Bertz CT molecular complexity index is 1150. The van der Waals surface area contributed by atoms with Crippen LogP contribution in [0.1, 0.15) is 56.5 Å². The van der Waals surface area contributed by atoms with Gasteiger partial charge >= 0.3 is 5.97 Å². The number of carbonyl (C=O) groups excluding carboxylic acids is 3. The fraction of sp³-hybridized carbons (Fsp3) is 0.240. The lowest BCUT2D eigenvalue weighted by atomic mass is 9.95. The van der Waals surface area contributed by atoms with Gasteiger partial charge in [-0.2, -0.15) is 0 Å². The van der Waals surface area contributed by atoms with Crippen molar-refractivity contribution in [3.8, 4) is 5.75 Å². The lowest BCUT2D eigenvalue weighted by Crippen LogP contribution is -2.25. The van der Waals surface area contributed by atoms with Gasteiger partial charge in [0.15, 0.2) is 0 Å². The van der Waals surface area contributed by atoms with Crippen molar-refractivity contribution >= 4 is 34.1 Å². The summed E-state index contributed by atoms with van der Waals surface area (Å²) in [6.45, 7) is 1.70. The highest BCUT2D eigenvalue weighted by atomic mass is 32.1. The van der Waals surface area contributed by atoms with Crippen LogP contribution in [-0.4, -0.2) is 17.8 Å². The van der Waals surface area contributed by atoms with Gasteiger partial charge < -0.3 is 15.4 Å². The fourth-order valence-corrected chi connectivity index (χ4v) is 5.11. The zero-order chi connectivity index (χ0) is 22.5. The summed E-state index contributed by atoms with van der Waals surface area (Å²) in [6.07, 6.45) is 3.81. The van der Waals surface area contributed by atoms with Crippen LogP contribution in [0.5, 0.6) is 5.75 Å². The maximum atomic E-state index is 13.2. The van der Waals surface area contributed by atoms with Crippen molar-refractivity contribution in [2.75, 3.05) is 5.32 Å². The van der Waals surface area contributed by atoms with E-state index in [2.05, 4.69) is 10.6 Å². The average Bonchev–Trinajstić information content (AvgIpc) is 3.16. The molecule has 0 saturated heterocycles. The Morgan fingerprint density at radius 2 is 1.66 bits per heavy atom. The number of para-hydroxylation sites is 1. The second-order valence-corrected chi connectivity index (χ2v) is 8.73. The molecule has 1 aliphatic carbocycles. The lowest BCUT2D eigenvalue weighted by Gasteiger charge is -2.14. The van der Waals surface area contributed by atoms with Gasteiger partial charge in [0, 0.05) is 18.3 Å². The second-order valence-electron chi connectivity index (χ2n) is 7.63. The molecule has 0 fully saturated rings. The normalized spacial score (nSPS) is 12.5. The van der Waals surface area contributed by atoms with Gasteiger partial charge in [-0.15, -0.1) is 11.3 Å². The van der Waals surface area contributed by atoms with Gasteiger partial charge in [0.2, 0.25) is 0 Å². The summed E-state index contributed by atoms with van der Waals surface area (Å²) in [5.74, 6) is -0.930. The molecular weight excluding hydrogens is 424 g/mol. The molecule has 0 unspecified atom stereocenters. The molecule has 0 radical (unpaired) electrons. The van der Waals surface area contributed by atoms with E-state index in [0.29, 0.717) is 17.1 Å². The highest BCUT2D eigenvalue weighted by Crippen LogP contribution is 2.38. The molecule has 3 aromatic rings. The van der Waals surface area contributed by atoms with E-state index in [4.69, 9.17) is 4.74 Å². The maximum Gasteiger partial charge on any atom is 0.308 e. The number of rotatable bonds is 6. The van der Waals surface area contributed by atoms with Gasteiger partial charge in [0.25, 0.3) is 11.8 Å². The SMILES string of the molecule is CC(=O)Oc1ccccc1C(=O)Nc1sc2c(c1C(=O)NCc1ccccc1)CCCC2. The molecule has 0 saturated carbocycles. The van der Waals surface area contributed by atoms with Crippen molar-refractivity contribution < 1.29 is 19.1 Å². The first-order valence-electron chi connectivity index (χ1n) is 10.6. The van der Waals surface area contributed by atoms with Crippen LogP contribution in [0.25, 0.3) is 0 Å². The second kappa shape index (κ2) is 9.78. The van der Waals surface area contributed by atoms with E-state index in [9.17, 15) is 14.4 Å². The molecule has 2 aromatic carbocycles. The topological polar surface area (TPSA) is 84.5 Å². The number of nitrogens with one attached hydrogen (secondary N) is 2. The zero-order valence-electron chi connectivity index (χ0n) is 17.8. The van der Waals surface area contributed by atoms with Gasteiger partial charge in [-0.05, 0) is 48.9 Å². The summed E-state index contributed by atoms with van der Waals surface area (Å²) in [5.41, 5.74) is 2.81. The third-order valence-electron chi connectivity index (χ3n) is 5.31. The smallest absolute Gasteiger partial charge is 0.308 e. The van der Waals surface area contributed by atoms with Crippen molar-refractivity contribution in [2.45, 2.75) is 39.2 Å². The molecule has 32 heavy (non-hydrogen) atoms. The molecule has 0 atom stereocenters. The maximum absolute atomic E-state index is 13.2. The van der Waals surface area contributed by atoms with E-state index in [1.54, 1.807) is 24.3 Å². The van der Waals surface area contributed by atoms with Crippen LogP contribution in [0.2, 0.25) is 0 Å². The number of aryl methyl sites for hydroxylation is 1. The third kappa shape index (κ3) is 4.89. The highest BCUT2D eigenvalue weighted by molar-refractivity contribution is 7.17. The van der Waals surface area contributed by atoms with E-state index >= 15 is 0 Å². The van der Waals surface area contributed by atoms with E-state index in [-0.39, 0.29) is 17.2 Å². The Balaban J connectivity index is 1.60. The van der Waals surface area contributed by atoms with Gasteiger partial charge in [-0.1, -0.05) is 42.5 Å². The molecule has 2 N–H and O–H groups in total. The molecule has 0 aliphatic heterocycles. The van der Waals surface area contributed by atoms with Crippen molar-refractivity contribution in [3.63, 3.8) is 0 Å². The Morgan fingerprint density at radius 1 is 0.938 bits per heavy atom. The van der Waals surface area contributed by atoms with E-state index in [1.807, 2.05) is 30.3 Å². The van der Waals surface area contributed by atoms with Crippen molar-refractivity contribution in [3.05, 3.63) is 81.7 Å². The summed E-state index contributed by atoms with van der Waals surface area (Å²) in [5, 5.41) is 6.43. The number of esters is 1. The van der Waals surface area contributed by atoms with Crippen LogP contribution in [0.15, 0.2) is 54.6 Å². The number of thiophene rings is 1. The Morgan fingerprint density at radius 3 is 2.44 bits per heavy atom. The number of hydrogen-bond donors (Lipinski definition) is 2. The first-order valence-corrected chi connectivity index (χ1v) is 11.4. The summed E-state index contributed by atoms with van der Waals surface area (Å²) in [6, 6.07) is 16.3. The molecule has 4 rings (SSSR count). The molecular formula is C25H24N2O4S. The minimum absolute atomic E-state index is 0.189. The van der Waals surface area contributed by atoms with Gasteiger partial charge in [-0.25, -0.2) is 0 Å². The van der Waals surface area contributed by atoms with E-state index < -0.39 is 11.9 Å². The molecule has 0 spiro atoms. The van der Waals surface area contributed by atoms with Crippen LogP contribution in [0.4, 0.5) is 5.00 Å². The first kappa shape index (κ1) is 21.8. The van der Waals surface area contributed by atoms with Gasteiger partial charge in [0.1, 0.15) is 10.8 Å². The quantitative estimate of drug-likeness (QED) is 0.422. The Labute approximate surface area is 190 Å². The molecule has 2 amide bonds. The molecule has 7 heteroatoms. The molecule has 164 valence electrons. The molecule has 1 aromatic heterocycles. The summed E-state index contributed by atoms with van der Waals surface area (Å²) < 4.78 is 5.18. The number of anilines is 1. The number of amides is 2. The monoisotopic (exact) mass is 448 g/mol. The van der Waals surface area contributed by atoms with Gasteiger partial charge in [0.05, 0.1) is 11.1 Å². The van der Waals surface area contributed by atoms with E-state index in [1.165, 1.54) is 18.3 Å². The lowest BCUT2D eigenvalue weighted by molar-refractivity contribution is -0.131. The summed E-state index contributed by atoms with van der Waals surface area (Å²) in [4.78, 5) is 38.8. The largest absolute Gasteiger partial charge is 0.426 e. The predicted molar refractivity (Wildman–Crippen MR) is 124 cm³/mol. The standard InChI is InChI=1S/C25H24N2O4S/c1-16(28)31-20-13-7-5-11-18(20)23(29)27-25-22(19-12-6-8-14-21(19)32-25)24(30)26-15-17-9-3-2-4-10-17/h2-5,7,9-11,13H,6,8,12,14-15H2,1H3,(H,26,30)(H,27,29). The van der Waals surface area contributed by atoms with Gasteiger partial charge in [-0.3, -0.25) is 14.4 Å². The van der Waals surface area contributed by atoms with Crippen LogP contribution in [0.3, 0.4) is 0 Å². The first-order chi connectivity index (χ1) is 15.5. The van der Waals surface area contributed by atoms with Crippen molar-refractivity contribution in [1.29, 1.82) is 0 Å². The minimum Gasteiger partial charge on any atom is -0.426 e. The van der Waals surface area contributed by atoms with E-state index in [0.717, 1.165) is 41.7 Å². The average molecular weight is 449 g/mol. The zero-order valence-corrected chi connectivity index (χ0v) is 18.6. The minimum atomic E-state index is -0.502. The van der Waals surface area contributed by atoms with Crippen LogP contribution in [-0.2, 0) is 24.2 Å². The number of benzene rings is 2. The molecule has 0 bridgehead atoms. The highest BCUT2D eigenvalue weighted by Gasteiger charge is 2.27. The third-order valence-corrected chi connectivity index (χ3v) is 6.51. The number of hydrogen-bond acceptors (Lipinski definition) is 5.